The zero-order chi connectivity index (χ0) is 13.7. The molecule has 0 radical (unpaired) electrons. The fourth-order valence-electron chi connectivity index (χ4n) is 2.44. The van der Waals surface area contributed by atoms with Gasteiger partial charge in [0.15, 0.2) is 0 Å². The predicted molar refractivity (Wildman–Crippen MR) is 80.9 cm³/mol. The number of rotatable bonds is 6. The monoisotopic (exact) mass is 281 g/mol. The Labute approximate surface area is 121 Å². The minimum absolute atomic E-state index is 0.363. The summed E-state index contributed by atoms with van der Waals surface area (Å²) >= 11 is 6.30. The van der Waals surface area contributed by atoms with Crippen molar-refractivity contribution in [2.75, 3.05) is 6.54 Å². The Morgan fingerprint density at radius 2 is 2.05 bits per heavy atom. The quantitative estimate of drug-likeness (QED) is 0.834. The molecule has 1 N–H and O–H groups in total. The van der Waals surface area contributed by atoms with Gasteiger partial charge in [-0.15, -0.1) is 0 Å². The average Bonchev–Trinajstić information content (AvgIpc) is 2.85. The summed E-state index contributed by atoms with van der Waals surface area (Å²) in [5, 5.41) is 4.15. The molecule has 0 heterocycles. The van der Waals surface area contributed by atoms with Crippen LogP contribution in [-0.4, -0.2) is 12.6 Å². The van der Waals surface area contributed by atoms with Gasteiger partial charge in [0.2, 0.25) is 0 Å². The molecular weight excluding hydrogens is 258 g/mol. The molecule has 3 heteroatoms. The van der Waals surface area contributed by atoms with E-state index in [0.29, 0.717) is 12.0 Å². The number of nitrogens with one attached hydrogen (secondary N) is 1. The fourth-order valence-corrected chi connectivity index (χ4v) is 2.69. The molecule has 0 atom stereocenters. The lowest BCUT2D eigenvalue weighted by Crippen LogP contribution is -2.19. The molecule has 0 aromatic heterocycles. The maximum atomic E-state index is 6.30. The fraction of sp³-hybridized carbons (Fsp3) is 0.625. The van der Waals surface area contributed by atoms with Crippen LogP contribution in [0.25, 0.3) is 0 Å². The van der Waals surface area contributed by atoms with E-state index in [0.717, 1.165) is 36.7 Å². The first-order valence-corrected chi connectivity index (χ1v) is 7.68. The Kier molecular flexibility index (Phi) is 5.53. The van der Waals surface area contributed by atoms with Crippen LogP contribution in [0.2, 0.25) is 5.02 Å². The van der Waals surface area contributed by atoms with Crippen LogP contribution >= 0.6 is 11.6 Å². The van der Waals surface area contributed by atoms with E-state index in [4.69, 9.17) is 16.3 Å². The van der Waals surface area contributed by atoms with Crippen molar-refractivity contribution in [1.29, 1.82) is 0 Å². The van der Waals surface area contributed by atoms with Gasteiger partial charge in [-0.3, -0.25) is 0 Å². The van der Waals surface area contributed by atoms with E-state index in [1.165, 1.54) is 18.4 Å². The molecule has 1 aliphatic rings. The van der Waals surface area contributed by atoms with Crippen LogP contribution in [0, 0.1) is 5.92 Å². The highest BCUT2D eigenvalue weighted by atomic mass is 35.5. The molecule has 1 saturated carbocycles. The minimum Gasteiger partial charge on any atom is -0.489 e. The number of halogens is 1. The third-order valence-corrected chi connectivity index (χ3v) is 3.77. The zero-order valence-electron chi connectivity index (χ0n) is 11.9. The molecule has 0 spiro atoms. The molecule has 2 rings (SSSR count). The van der Waals surface area contributed by atoms with Gasteiger partial charge in [-0.25, -0.2) is 0 Å². The third kappa shape index (κ3) is 4.70. The molecule has 0 saturated heterocycles. The molecule has 0 unspecified atom stereocenters. The molecule has 1 aromatic rings. The van der Waals surface area contributed by atoms with Crippen molar-refractivity contribution < 1.29 is 4.74 Å². The molecule has 1 aliphatic carbocycles. The van der Waals surface area contributed by atoms with Crippen molar-refractivity contribution in [2.24, 2.45) is 5.92 Å². The van der Waals surface area contributed by atoms with Crippen LogP contribution in [0.3, 0.4) is 0 Å². The maximum Gasteiger partial charge on any atom is 0.138 e. The van der Waals surface area contributed by atoms with Gasteiger partial charge in [0.1, 0.15) is 5.75 Å². The van der Waals surface area contributed by atoms with E-state index in [9.17, 15) is 0 Å². The second kappa shape index (κ2) is 7.16. The van der Waals surface area contributed by atoms with Crippen LogP contribution in [0.5, 0.6) is 5.75 Å². The summed E-state index contributed by atoms with van der Waals surface area (Å²) in [7, 11) is 0. The molecule has 106 valence electrons. The maximum absolute atomic E-state index is 6.30. The Hall–Kier alpha value is -0.730. The number of ether oxygens (including phenoxy) is 1. The van der Waals surface area contributed by atoms with Gasteiger partial charge < -0.3 is 10.1 Å². The normalized spacial score (nSPS) is 16.2. The summed E-state index contributed by atoms with van der Waals surface area (Å²) in [6, 6.07) is 6.12. The second-order valence-electron chi connectivity index (χ2n) is 5.81. The summed E-state index contributed by atoms with van der Waals surface area (Å²) in [6.45, 7) is 6.30. The standard InChI is InChI=1S/C16H24ClNO/c1-12(2)10-18-11-13-7-8-16(15(17)9-13)19-14-5-3-4-6-14/h7-9,12,14,18H,3-6,10-11H2,1-2H3. The van der Waals surface area contributed by atoms with Crippen molar-refractivity contribution in [3.63, 3.8) is 0 Å². The van der Waals surface area contributed by atoms with Crippen LogP contribution in [-0.2, 0) is 6.54 Å². The Morgan fingerprint density at radius 1 is 1.32 bits per heavy atom. The third-order valence-electron chi connectivity index (χ3n) is 3.47. The molecule has 19 heavy (non-hydrogen) atoms. The summed E-state index contributed by atoms with van der Waals surface area (Å²) in [4.78, 5) is 0. The van der Waals surface area contributed by atoms with Gasteiger partial charge in [-0.1, -0.05) is 31.5 Å². The summed E-state index contributed by atoms with van der Waals surface area (Å²) in [6.07, 6.45) is 5.24. The lowest BCUT2D eigenvalue weighted by atomic mass is 10.2. The van der Waals surface area contributed by atoms with Crippen molar-refractivity contribution in [3.05, 3.63) is 28.8 Å². The van der Waals surface area contributed by atoms with Crippen molar-refractivity contribution >= 4 is 11.6 Å². The van der Waals surface area contributed by atoms with E-state index < -0.39 is 0 Å². The first-order valence-electron chi connectivity index (χ1n) is 7.31. The summed E-state index contributed by atoms with van der Waals surface area (Å²) in [5.41, 5.74) is 1.21. The molecule has 0 aliphatic heterocycles. The van der Waals surface area contributed by atoms with Gasteiger partial charge in [0.25, 0.3) is 0 Å². The van der Waals surface area contributed by atoms with Crippen molar-refractivity contribution in [2.45, 2.75) is 52.2 Å². The molecular formula is C16H24ClNO. The molecule has 0 amide bonds. The van der Waals surface area contributed by atoms with E-state index in [1.54, 1.807) is 0 Å². The molecule has 0 bridgehead atoms. The summed E-state index contributed by atoms with van der Waals surface area (Å²) in [5.74, 6) is 1.50. The molecule has 1 aromatic carbocycles. The lowest BCUT2D eigenvalue weighted by Gasteiger charge is -2.15. The topological polar surface area (TPSA) is 21.3 Å². The van der Waals surface area contributed by atoms with E-state index in [2.05, 4.69) is 25.2 Å². The van der Waals surface area contributed by atoms with Crippen LogP contribution in [0.4, 0.5) is 0 Å². The van der Waals surface area contributed by atoms with Gasteiger partial charge >= 0.3 is 0 Å². The SMILES string of the molecule is CC(C)CNCc1ccc(OC2CCCC2)c(Cl)c1. The zero-order valence-corrected chi connectivity index (χ0v) is 12.7. The largest absolute Gasteiger partial charge is 0.489 e. The van der Waals surface area contributed by atoms with Gasteiger partial charge in [-0.05, 0) is 55.8 Å². The predicted octanol–water partition coefficient (Wildman–Crippen LogP) is 4.41. The Morgan fingerprint density at radius 3 is 2.68 bits per heavy atom. The average molecular weight is 282 g/mol. The highest BCUT2D eigenvalue weighted by Crippen LogP contribution is 2.30. The second-order valence-corrected chi connectivity index (χ2v) is 6.22. The minimum atomic E-state index is 0.363. The number of hydrogen-bond acceptors (Lipinski definition) is 2. The Balaban J connectivity index is 1.88. The van der Waals surface area contributed by atoms with Gasteiger partial charge in [0.05, 0.1) is 11.1 Å². The van der Waals surface area contributed by atoms with Crippen molar-refractivity contribution in [3.8, 4) is 5.75 Å². The highest BCUT2D eigenvalue weighted by molar-refractivity contribution is 6.32. The number of benzene rings is 1. The first-order chi connectivity index (χ1) is 9.15. The lowest BCUT2D eigenvalue weighted by molar-refractivity contribution is 0.210. The first kappa shape index (κ1) is 14.7. The van der Waals surface area contributed by atoms with E-state index in [-0.39, 0.29) is 0 Å². The highest BCUT2D eigenvalue weighted by Gasteiger charge is 2.17. The number of hydrogen-bond donors (Lipinski definition) is 1. The molecule has 2 nitrogen and oxygen atoms in total. The van der Waals surface area contributed by atoms with E-state index >= 15 is 0 Å². The van der Waals surface area contributed by atoms with E-state index in [1.807, 2.05) is 12.1 Å². The smallest absolute Gasteiger partial charge is 0.138 e. The summed E-state index contributed by atoms with van der Waals surface area (Å²) < 4.78 is 5.95. The Bertz CT molecular complexity index is 400. The van der Waals surface area contributed by atoms with Crippen LogP contribution in [0.1, 0.15) is 45.1 Å². The van der Waals surface area contributed by atoms with Crippen molar-refractivity contribution in [1.82, 2.24) is 5.32 Å². The molecule has 1 fully saturated rings. The van der Waals surface area contributed by atoms with Crippen LogP contribution < -0.4 is 10.1 Å². The van der Waals surface area contributed by atoms with Crippen LogP contribution in [0.15, 0.2) is 18.2 Å². The van der Waals surface area contributed by atoms with Gasteiger partial charge in [-0.2, -0.15) is 0 Å². The van der Waals surface area contributed by atoms with Gasteiger partial charge in [0, 0.05) is 6.54 Å².